The van der Waals surface area contributed by atoms with Crippen molar-refractivity contribution in [3.63, 3.8) is 0 Å². The normalized spacial score (nSPS) is 12.2. The highest BCUT2D eigenvalue weighted by molar-refractivity contribution is 7.12. The van der Waals surface area contributed by atoms with Gasteiger partial charge >= 0.3 is 0 Å². The van der Waals surface area contributed by atoms with E-state index < -0.39 is 0 Å². The molecule has 0 atom stereocenters. The minimum atomic E-state index is 0.671. The van der Waals surface area contributed by atoms with Gasteiger partial charge in [0.25, 0.3) is 0 Å². The smallest absolute Gasteiger partial charge is 0.0140 e. The van der Waals surface area contributed by atoms with Crippen molar-refractivity contribution in [2.24, 2.45) is 5.73 Å². The topological polar surface area (TPSA) is 26.0 Å². The van der Waals surface area contributed by atoms with Crippen LogP contribution in [-0.2, 0) is 0 Å². The molecule has 0 saturated heterocycles. The van der Waals surface area contributed by atoms with Gasteiger partial charge in [0.2, 0.25) is 0 Å². The fraction of sp³-hybridized carbons (Fsp3) is 0.455. The maximum absolute atomic E-state index is 5.62. The monoisotopic (exact) mass is 195 g/mol. The second-order valence-electron chi connectivity index (χ2n) is 3.23. The third-order valence-electron chi connectivity index (χ3n) is 2.16. The second kappa shape index (κ2) is 4.58. The highest BCUT2D eigenvalue weighted by Crippen LogP contribution is 2.23. The first kappa shape index (κ1) is 10.5. The van der Waals surface area contributed by atoms with Crippen LogP contribution in [0.15, 0.2) is 11.6 Å². The molecule has 2 N–H and O–H groups in total. The largest absolute Gasteiger partial charge is 0.327 e. The fourth-order valence-electron chi connectivity index (χ4n) is 1.32. The fourth-order valence-corrected chi connectivity index (χ4v) is 2.22. The number of hydrogen-bond donors (Lipinski definition) is 1. The van der Waals surface area contributed by atoms with E-state index in [1.54, 1.807) is 0 Å². The molecule has 0 fully saturated rings. The first-order valence-electron chi connectivity index (χ1n) is 4.64. The minimum Gasteiger partial charge on any atom is -0.327 e. The highest BCUT2D eigenvalue weighted by Gasteiger charge is 2.00. The SMILES string of the molecule is CCC(=Cc1cc(C)sc1C)CN. The predicted molar refractivity (Wildman–Crippen MR) is 61.1 cm³/mol. The van der Waals surface area contributed by atoms with Crippen LogP contribution < -0.4 is 5.73 Å². The van der Waals surface area contributed by atoms with Gasteiger partial charge in [0, 0.05) is 16.3 Å². The molecule has 0 unspecified atom stereocenters. The molecule has 0 saturated carbocycles. The van der Waals surface area contributed by atoms with Gasteiger partial charge in [-0.25, -0.2) is 0 Å². The van der Waals surface area contributed by atoms with Gasteiger partial charge in [-0.05, 0) is 31.9 Å². The molecule has 72 valence electrons. The van der Waals surface area contributed by atoms with Crippen molar-refractivity contribution in [2.45, 2.75) is 27.2 Å². The van der Waals surface area contributed by atoms with Crippen LogP contribution in [0.4, 0.5) is 0 Å². The summed E-state index contributed by atoms with van der Waals surface area (Å²) in [7, 11) is 0. The Labute approximate surface area is 84.3 Å². The van der Waals surface area contributed by atoms with Crippen molar-refractivity contribution in [1.29, 1.82) is 0 Å². The summed E-state index contributed by atoms with van der Waals surface area (Å²) in [5.74, 6) is 0. The summed E-state index contributed by atoms with van der Waals surface area (Å²) >= 11 is 1.85. The summed E-state index contributed by atoms with van der Waals surface area (Å²) in [6.45, 7) is 7.12. The summed E-state index contributed by atoms with van der Waals surface area (Å²) in [5, 5.41) is 0. The second-order valence-corrected chi connectivity index (χ2v) is 4.69. The van der Waals surface area contributed by atoms with Crippen LogP contribution in [0.5, 0.6) is 0 Å². The first-order chi connectivity index (χ1) is 6.17. The zero-order valence-corrected chi connectivity index (χ0v) is 9.37. The summed E-state index contributed by atoms with van der Waals surface area (Å²) in [4.78, 5) is 2.76. The Kier molecular flexibility index (Phi) is 3.70. The standard InChI is InChI=1S/C11H17NS/c1-4-10(7-12)6-11-5-8(2)13-9(11)3/h5-6H,4,7,12H2,1-3H3. The van der Waals surface area contributed by atoms with Crippen LogP contribution in [0.25, 0.3) is 6.08 Å². The molecule has 0 aromatic carbocycles. The molecule has 0 aliphatic heterocycles. The molecule has 2 heteroatoms. The Morgan fingerprint density at radius 1 is 1.54 bits per heavy atom. The van der Waals surface area contributed by atoms with Gasteiger partial charge in [0.05, 0.1) is 0 Å². The lowest BCUT2D eigenvalue weighted by molar-refractivity contribution is 1.02. The number of hydrogen-bond acceptors (Lipinski definition) is 2. The molecule has 0 spiro atoms. The maximum Gasteiger partial charge on any atom is 0.0140 e. The molecule has 0 amide bonds. The van der Waals surface area contributed by atoms with Crippen molar-refractivity contribution >= 4 is 17.4 Å². The summed E-state index contributed by atoms with van der Waals surface area (Å²) < 4.78 is 0. The molecular weight excluding hydrogens is 178 g/mol. The molecular formula is C11H17NS. The molecule has 1 heterocycles. The lowest BCUT2D eigenvalue weighted by atomic mass is 10.1. The summed E-state index contributed by atoms with van der Waals surface area (Å²) in [6.07, 6.45) is 3.27. The van der Waals surface area contributed by atoms with Crippen molar-refractivity contribution in [2.75, 3.05) is 6.54 Å². The number of nitrogens with two attached hydrogens (primary N) is 1. The van der Waals surface area contributed by atoms with Gasteiger partial charge in [-0.2, -0.15) is 0 Å². The van der Waals surface area contributed by atoms with Crippen molar-refractivity contribution in [3.05, 3.63) is 27.0 Å². The van der Waals surface area contributed by atoms with E-state index in [1.165, 1.54) is 20.9 Å². The van der Waals surface area contributed by atoms with Gasteiger partial charge in [-0.3, -0.25) is 0 Å². The van der Waals surface area contributed by atoms with E-state index in [4.69, 9.17) is 5.73 Å². The number of aryl methyl sites for hydroxylation is 2. The zero-order valence-electron chi connectivity index (χ0n) is 8.55. The lowest BCUT2D eigenvalue weighted by Gasteiger charge is -1.99. The molecule has 1 rings (SSSR count). The van der Waals surface area contributed by atoms with E-state index in [1.807, 2.05) is 11.3 Å². The Bertz CT molecular complexity index is 304. The van der Waals surface area contributed by atoms with Gasteiger partial charge in [-0.1, -0.05) is 18.6 Å². The van der Waals surface area contributed by atoms with E-state index in [0.717, 1.165) is 6.42 Å². The Morgan fingerprint density at radius 3 is 2.62 bits per heavy atom. The molecule has 0 aliphatic rings. The number of thiophene rings is 1. The van der Waals surface area contributed by atoms with Crippen molar-refractivity contribution in [3.8, 4) is 0 Å². The third-order valence-corrected chi connectivity index (χ3v) is 3.14. The van der Waals surface area contributed by atoms with Crippen LogP contribution in [0, 0.1) is 13.8 Å². The Morgan fingerprint density at radius 2 is 2.23 bits per heavy atom. The molecule has 13 heavy (non-hydrogen) atoms. The third kappa shape index (κ3) is 2.68. The van der Waals surface area contributed by atoms with Gasteiger partial charge in [-0.15, -0.1) is 11.3 Å². The average Bonchev–Trinajstić information content (AvgIpc) is 2.41. The Hall–Kier alpha value is -0.600. The van der Waals surface area contributed by atoms with Crippen molar-refractivity contribution in [1.82, 2.24) is 0 Å². The van der Waals surface area contributed by atoms with E-state index in [9.17, 15) is 0 Å². The number of rotatable bonds is 3. The molecule has 1 aromatic rings. The van der Waals surface area contributed by atoms with E-state index in [2.05, 4.69) is 32.9 Å². The summed E-state index contributed by atoms with van der Waals surface area (Å²) in [5.41, 5.74) is 8.28. The van der Waals surface area contributed by atoms with Gasteiger partial charge < -0.3 is 5.73 Å². The average molecular weight is 195 g/mol. The Balaban J connectivity index is 2.95. The van der Waals surface area contributed by atoms with E-state index in [0.29, 0.717) is 6.54 Å². The maximum atomic E-state index is 5.62. The van der Waals surface area contributed by atoms with E-state index in [-0.39, 0.29) is 0 Å². The first-order valence-corrected chi connectivity index (χ1v) is 5.45. The van der Waals surface area contributed by atoms with Crippen LogP contribution in [0.2, 0.25) is 0 Å². The van der Waals surface area contributed by atoms with Crippen LogP contribution >= 0.6 is 11.3 Å². The van der Waals surface area contributed by atoms with Gasteiger partial charge in [0.15, 0.2) is 0 Å². The molecule has 1 nitrogen and oxygen atoms in total. The van der Waals surface area contributed by atoms with Gasteiger partial charge in [0.1, 0.15) is 0 Å². The predicted octanol–water partition coefficient (Wildman–Crippen LogP) is 3.12. The van der Waals surface area contributed by atoms with Crippen LogP contribution in [0.3, 0.4) is 0 Å². The molecule has 1 aromatic heterocycles. The molecule has 0 radical (unpaired) electrons. The molecule has 0 aliphatic carbocycles. The van der Waals surface area contributed by atoms with Crippen LogP contribution in [-0.4, -0.2) is 6.54 Å². The summed E-state index contributed by atoms with van der Waals surface area (Å²) in [6, 6.07) is 2.23. The van der Waals surface area contributed by atoms with Crippen molar-refractivity contribution < 1.29 is 0 Å². The molecule has 0 bridgehead atoms. The quantitative estimate of drug-likeness (QED) is 0.788. The van der Waals surface area contributed by atoms with Crippen LogP contribution in [0.1, 0.15) is 28.7 Å². The highest BCUT2D eigenvalue weighted by atomic mass is 32.1. The lowest BCUT2D eigenvalue weighted by Crippen LogP contribution is -2.01. The minimum absolute atomic E-state index is 0.671. The van der Waals surface area contributed by atoms with E-state index >= 15 is 0 Å². The zero-order chi connectivity index (χ0) is 9.84.